The molecule has 90 valence electrons. The molecular formula is C10H17BrF3N. The highest BCUT2D eigenvalue weighted by molar-refractivity contribution is 9.09. The fourth-order valence-electron chi connectivity index (χ4n) is 1.98. The summed E-state index contributed by atoms with van der Waals surface area (Å²) in [5, 5.41) is 0.899. The van der Waals surface area contributed by atoms with Gasteiger partial charge in [0.15, 0.2) is 0 Å². The van der Waals surface area contributed by atoms with E-state index in [1.165, 1.54) is 6.42 Å². The minimum Gasteiger partial charge on any atom is -0.305 e. The molecule has 1 nitrogen and oxygen atoms in total. The lowest BCUT2D eigenvalue weighted by molar-refractivity contribution is -0.138. The summed E-state index contributed by atoms with van der Waals surface area (Å²) >= 11 is 3.45. The summed E-state index contributed by atoms with van der Waals surface area (Å²) in [5.74, 6) is 0. The highest BCUT2D eigenvalue weighted by atomic mass is 79.9. The summed E-state index contributed by atoms with van der Waals surface area (Å²) in [7, 11) is 1.77. The summed E-state index contributed by atoms with van der Waals surface area (Å²) in [6.45, 7) is 0.882. The molecule has 0 aromatic rings. The van der Waals surface area contributed by atoms with Gasteiger partial charge in [0.1, 0.15) is 0 Å². The van der Waals surface area contributed by atoms with Gasteiger partial charge in [0.2, 0.25) is 0 Å². The van der Waals surface area contributed by atoms with Crippen LogP contribution in [0.2, 0.25) is 0 Å². The Morgan fingerprint density at radius 3 is 2.27 bits per heavy atom. The van der Waals surface area contributed by atoms with Gasteiger partial charge in [0.25, 0.3) is 0 Å². The topological polar surface area (TPSA) is 3.24 Å². The van der Waals surface area contributed by atoms with Crippen molar-refractivity contribution in [3.05, 3.63) is 0 Å². The minimum absolute atomic E-state index is 0.109. The van der Waals surface area contributed by atoms with Crippen LogP contribution in [0.1, 0.15) is 25.7 Å². The van der Waals surface area contributed by atoms with E-state index in [0.29, 0.717) is 0 Å². The fraction of sp³-hybridized carbons (Fsp3) is 1.00. The van der Waals surface area contributed by atoms with Crippen molar-refractivity contribution in [2.24, 2.45) is 5.41 Å². The van der Waals surface area contributed by atoms with Gasteiger partial charge in [0, 0.05) is 18.4 Å². The lowest BCUT2D eigenvalue weighted by Crippen LogP contribution is -2.42. The highest BCUT2D eigenvalue weighted by Gasteiger charge is 2.37. The van der Waals surface area contributed by atoms with E-state index in [1.54, 1.807) is 11.9 Å². The van der Waals surface area contributed by atoms with Crippen LogP contribution < -0.4 is 0 Å². The molecule has 0 bridgehead atoms. The molecule has 0 aromatic heterocycles. The zero-order chi connectivity index (χ0) is 11.5. The van der Waals surface area contributed by atoms with Gasteiger partial charge in [0.05, 0.1) is 6.42 Å². The molecule has 0 unspecified atom stereocenters. The van der Waals surface area contributed by atoms with E-state index in [0.717, 1.165) is 24.7 Å². The zero-order valence-electron chi connectivity index (χ0n) is 8.91. The Labute approximate surface area is 97.1 Å². The van der Waals surface area contributed by atoms with Crippen molar-refractivity contribution >= 4 is 15.9 Å². The van der Waals surface area contributed by atoms with Crippen molar-refractivity contribution in [1.82, 2.24) is 4.90 Å². The predicted molar refractivity (Wildman–Crippen MR) is 58.2 cm³/mol. The van der Waals surface area contributed by atoms with Crippen LogP contribution in [0.3, 0.4) is 0 Å². The van der Waals surface area contributed by atoms with Gasteiger partial charge in [-0.15, -0.1) is 0 Å². The average molecular weight is 288 g/mol. The van der Waals surface area contributed by atoms with Crippen molar-refractivity contribution in [1.29, 1.82) is 0 Å². The summed E-state index contributed by atoms with van der Waals surface area (Å²) in [4.78, 5) is 1.80. The average Bonchev–Trinajstić information content (AvgIpc) is 2.07. The number of halogens is 4. The van der Waals surface area contributed by atoms with Crippen LogP contribution in [0, 0.1) is 5.41 Å². The van der Waals surface area contributed by atoms with Crippen LogP contribution in [0.15, 0.2) is 0 Å². The maximum absolute atomic E-state index is 12.0. The minimum atomic E-state index is -4.03. The SMILES string of the molecule is CN(CCC(F)(F)F)CC1(CBr)CCC1. The quantitative estimate of drug-likeness (QED) is 0.700. The molecule has 1 saturated carbocycles. The predicted octanol–water partition coefficient (Wildman–Crippen LogP) is 3.44. The molecule has 1 aliphatic rings. The number of hydrogen-bond acceptors (Lipinski definition) is 1. The molecule has 0 aliphatic heterocycles. The van der Waals surface area contributed by atoms with E-state index in [1.807, 2.05) is 0 Å². The van der Waals surface area contributed by atoms with Gasteiger partial charge in [-0.25, -0.2) is 0 Å². The van der Waals surface area contributed by atoms with E-state index in [2.05, 4.69) is 15.9 Å². The molecule has 5 heteroatoms. The van der Waals surface area contributed by atoms with Crippen LogP contribution in [0.4, 0.5) is 13.2 Å². The molecule has 1 rings (SSSR count). The van der Waals surface area contributed by atoms with E-state index < -0.39 is 12.6 Å². The summed E-state index contributed by atoms with van der Waals surface area (Å²) in [6.07, 6.45) is -1.26. The molecule has 0 radical (unpaired) electrons. The van der Waals surface area contributed by atoms with E-state index >= 15 is 0 Å². The second kappa shape index (κ2) is 5.04. The van der Waals surface area contributed by atoms with Crippen LogP contribution in [-0.4, -0.2) is 36.5 Å². The van der Waals surface area contributed by atoms with E-state index in [9.17, 15) is 13.2 Å². The summed E-state index contributed by atoms with van der Waals surface area (Å²) in [5.41, 5.74) is 0.236. The first kappa shape index (κ1) is 13.3. The van der Waals surface area contributed by atoms with Crippen LogP contribution in [0.5, 0.6) is 0 Å². The van der Waals surface area contributed by atoms with Crippen molar-refractivity contribution in [3.8, 4) is 0 Å². The van der Waals surface area contributed by atoms with Crippen molar-refractivity contribution < 1.29 is 13.2 Å². The second-order valence-corrected chi connectivity index (χ2v) is 5.15. The first-order valence-electron chi connectivity index (χ1n) is 5.18. The summed E-state index contributed by atoms with van der Waals surface area (Å²) < 4.78 is 36.0. The van der Waals surface area contributed by atoms with Gasteiger partial charge in [-0.3, -0.25) is 0 Å². The number of rotatable bonds is 5. The Bertz CT molecular complexity index is 196. The van der Waals surface area contributed by atoms with Gasteiger partial charge in [-0.1, -0.05) is 22.4 Å². The molecule has 1 aliphatic carbocycles. The molecule has 0 spiro atoms. The van der Waals surface area contributed by atoms with E-state index in [4.69, 9.17) is 0 Å². The van der Waals surface area contributed by atoms with Crippen LogP contribution in [-0.2, 0) is 0 Å². The largest absolute Gasteiger partial charge is 0.390 e. The number of hydrogen-bond donors (Lipinski definition) is 0. The first-order valence-corrected chi connectivity index (χ1v) is 6.30. The summed E-state index contributed by atoms with van der Waals surface area (Å²) in [6, 6.07) is 0. The van der Waals surface area contributed by atoms with Crippen molar-refractivity contribution in [3.63, 3.8) is 0 Å². The van der Waals surface area contributed by atoms with Gasteiger partial charge >= 0.3 is 6.18 Å². The fourth-order valence-corrected chi connectivity index (χ4v) is 2.72. The van der Waals surface area contributed by atoms with Crippen LogP contribution in [0.25, 0.3) is 0 Å². The zero-order valence-corrected chi connectivity index (χ0v) is 10.5. The van der Waals surface area contributed by atoms with Crippen molar-refractivity contribution in [2.75, 3.05) is 25.5 Å². The molecule has 15 heavy (non-hydrogen) atoms. The maximum Gasteiger partial charge on any atom is 0.390 e. The molecule has 0 N–H and O–H groups in total. The highest BCUT2D eigenvalue weighted by Crippen LogP contribution is 2.42. The van der Waals surface area contributed by atoms with E-state index in [-0.39, 0.29) is 12.0 Å². The third-order valence-electron chi connectivity index (χ3n) is 3.08. The lowest BCUT2D eigenvalue weighted by atomic mass is 9.70. The smallest absolute Gasteiger partial charge is 0.305 e. The first-order chi connectivity index (χ1) is 6.87. The molecule has 0 atom stereocenters. The Morgan fingerprint density at radius 1 is 1.33 bits per heavy atom. The Hall–Kier alpha value is 0.230. The molecular weight excluding hydrogens is 271 g/mol. The Kier molecular flexibility index (Phi) is 4.47. The van der Waals surface area contributed by atoms with Gasteiger partial charge < -0.3 is 4.90 Å². The Morgan fingerprint density at radius 2 is 1.93 bits per heavy atom. The second-order valence-electron chi connectivity index (χ2n) is 4.59. The third kappa shape index (κ3) is 4.31. The molecule has 0 saturated heterocycles. The molecule has 0 heterocycles. The van der Waals surface area contributed by atoms with Gasteiger partial charge in [-0.05, 0) is 25.3 Å². The monoisotopic (exact) mass is 287 g/mol. The van der Waals surface area contributed by atoms with Crippen molar-refractivity contribution in [2.45, 2.75) is 31.9 Å². The number of nitrogens with zero attached hydrogens (tertiary/aromatic N) is 1. The van der Waals surface area contributed by atoms with Gasteiger partial charge in [-0.2, -0.15) is 13.2 Å². The van der Waals surface area contributed by atoms with Crippen LogP contribution >= 0.6 is 15.9 Å². The molecule has 0 aromatic carbocycles. The number of alkyl halides is 4. The standard InChI is InChI=1S/C10H17BrF3N/c1-15(6-5-10(12,13)14)8-9(7-11)3-2-4-9/h2-8H2,1H3. The lowest BCUT2D eigenvalue weighted by Gasteiger charge is -2.43. The molecule has 0 amide bonds. The Balaban J connectivity index is 2.26. The maximum atomic E-state index is 12.0. The molecule has 1 fully saturated rings. The third-order valence-corrected chi connectivity index (χ3v) is 4.27. The normalized spacial score (nSPS) is 20.4.